The van der Waals surface area contributed by atoms with Gasteiger partial charge in [-0.05, 0) is 54.7 Å². The summed E-state index contributed by atoms with van der Waals surface area (Å²) in [4.78, 5) is 0. The molecule has 0 unspecified atom stereocenters. The van der Waals surface area contributed by atoms with Crippen LogP contribution < -0.4 is 0 Å². The van der Waals surface area contributed by atoms with E-state index in [1.165, 1.54) is 70.6 Å². The molecule has 2 saturated carbocycles. The molecule has 3 aliphatic rings. The molecule has 0 nitrogen and oxygen atoms in total. The van der Waals surface area contributed by atoms with Crippen molar-refractivity contribution < 1.29 is 0 Å². The smallest absolute Gasteiger partial charge is 0.00434 e. The zero-order valence-electron chi connectivity index (χ0n) is 13.2. The van der Waals surface area contributed by atoms with E-state index in [9.17, 15) is 0 Å². The first-order valence-electron chi connectivity index (χ1n) is 9.07. The second kappa shape index (κ2) is 7.26. The molecule has 112 valence electrons. The van der Waals surface area contributed by atoms with E-state index >= 15 is 0 Å². The van der Waals surface area contributed by atoms with Crippen molar-refractivity contribution in [3.63, 3.8) is 0 Å². The summed E-state index contributed by atoms with van der Waals surface area (Å²) < 4.78 is 0. The fourth-order valence-electron chi connectivity index (χ4n) is 4.42. The van der Waals surface area contributed by atoms with Gasteiger partial charge in [-0.1, -0.05) is 71.6 Å². The highest BCUT2D eigenvalue weighted by Gasteiger charge is 2.33. The number of hydrogen-bond acceptors (Lipinski definition) is 0. The molecule has 3 rings (SSSR count). The predicted octanol–water partition coefficient (Wildman–Crippen LogP) is 6.61. The zero-order chi connectivity index (χ0) is 13.8. The molecule has 0 amide bonds. The van der Waals surface area contributed by atoms with E-state index in [-0.39, 0.29) is 7.92 Å². The third kappa shape index (κ3) is 3.38. The summed E-state index contributed by atoms with van der Waals surface area (Å²) in [6.45, 7) is 2.33. The van der Waals surface area contributed by atoms with Crippen LogP contribution in [0.15, 0.2) is 23.5 Å². The van der Waals surface area contributed by atoms with Gasteiger partial charge in [-0.25, -0.2) is 0 Å². The van der Waals surface area contributed by atoms with Crippen molar-refractivity contribution in [1.29, 1.82) is 0 Å². The highest BCUT2D eigenvalue weighted by atomic mass is 31.1. The van der Waals surface area contributed by atoms with Gasteiger partial charge in [0.15, 0.2) is 0 Å². The van der Waals surface area contributed by atoms with Crippen molar-refractivity contribution in [2.45, 2.75) is 88.9 Å². The van der Waals surface area contributed by atoms with Gasteiger partial charge in [-0.3, -0.25) is 0 Å². The minimum atomic E-state index is 0.144. The molecule has 1 heteroatoms. The Labute approximate surface area is 126 Å². The van der Waals surface area contributed by atoms with Gasteiger partial charge in [-0.15, -0.1) is 0 Å². The van der Waals surface area contributed by atoms with Crippen LogP contribution in [0.3, 0.4) is 0 Å². The Hall–Kier alpha value is -0.0900. The summed E-state index contributed by atoms with van der Waals surface area (Å²) >= 11 is 0. The Kier molecular flexibility index (Phi) is 5.38. The van der Waals surface area contributed by atoms with Crippen LogP contribution in [-0.2, 0) is 0 Å². The maximum absolute atomic E-state index is 2.65. The fourth-order valence-corrected chi connectivity index (χ4v) is 8.32. The van der Waals surface area contributed by atoms with E-state index in [1.54, 1.807) is 5.31 Å². The average Bonchev–Trinajstić information content (AvgIpc) is 2.98. The van der Waals surface area contributed by atoms with Crippen molar-refractivity contribution >= 4 is 7.92 Å². The molecule has 1 atom stereocenters. The molecular weight excluding hydrogens is 259 g/mol. The molecule has 0 spiro atoms. The number of hydrogen-bond donors (Lipinski definition) is 0. The Balaban J connectivity index is 1.77. The van der Waals surface area contributed by atoms with Crippen LogP contribution in [0.1, 0.15) is 77.6 Å². The Morgan fingerprint density at radius 2 is 1.45 bits per heavy atom. The highest BCUT2D eigenvalue weighted by molar-refractivity contribution is 7.63. The first kappa shape index (κ1) is 14.8. The molecular formula is C19H31P. The second-order valence-corrected chi connectivity index (χ2v) is 9.81. The van der Waals surface area contributed by atoms with Crippen LogP contribution in [-0.4, -0.2) is 11.3 Å². The third-order valence-electron chi connectivity index (χ3n) is 5.60. The average molecular weight is 290 g/mol. The molecule has 0 heterocycles. The van der Waals surface area contributed by atoms with Crippen molar-refractivity contribution in [1.82, 2.24) is 0 Å². The Bertz CT molecular complexity index is 338. The summed E-state index contributed by atoms with van der Waals surface area (Å²) in [5, 5.41) is 1.80. The van der Waals surface area contributed by atoms with Crippen LogP contribution in [0.4, 0.5) is 0 Å². The topological polar surface area (TPSA) is 0 Å². The quantitative estimate of drug-likeness (QED) is 0.511. The van der Waals surface area contributed by atoms with Gasteiger partial charge >= 0.3 is 0 Å². The van der Waals surface area contributed by atoms with Crippen molar-refractivity contribution in [2.24, 2.45) is 5.92 Å². The SMILES string of the molecule is CC[C@@H]1C=CC(P(C2CCCCC2)C2CCCCC2)=C1. The van der Waals surface area contributed by atoms with E-state index in [2.05, 4.69) is 25.2 Å². The minimum Gasteiger partial charge on any atom is -0.0770 e. The standard InChI is InChI=1S/C19H31P/c1-2-16-13-14-19(15-16)20(17-9-5-3-6-10-17)18-11-7-4-8-12-18/h13-18H,2-12H2,1H3/t16-/m1/s1. The Morgan fingerprint density at radius 1 is 0.900 bits per heavy atom. The van der Waals surface area contributed by atoms with Gasteiger partial charge in [0.1, 0.15) is 0 Å². The summed E-state index contributed by atoms with van der Waals surface area (Å²) in [6, 6.07) is 0. The van der Waals surface area contributed by atoms with E-state index in [0.29, 0.717) is 0 Å². The molecule has 0 aromatic heterocycles. The van der Waals surface area contributed by atoms with Gasteiger partial charge in [-0.2, -0.15) is 0 Å². The maximum Gasteiger partial charge on any atom is -0.00434 e. The largest absolute Gasteiger partial charge is 0.0770 e. The van der Waals surface area contributed by atoms with Crippen molar-refractivity contribution in [2.75, 3.05) is 0 Å². The van der Waals surface area contributed by atoms with E-state index in [4.69, 9.17) is 0 Å². The molecule has 0 N–H and O–H groups in total. The minimum absolute atomic E-state index is 0.144. The monoisotopic (exact) mass is 290 g/mol. The van der Waals surface area contributed by atoms with Crippen LogP contribution in [0, 0.1) is 5.92 Å². The predicted molar refractivity (Wildman–Crippen MR) is 91.7 cm³/mol. The summed E-state index contributed by atoms with van der Waals surface area (Å²) in [5.74, 6) is 0.752. The van der Waals surface area contributed by atoms with Crippen LogP contribution in [0.25, 0.3) is 0 Å². The van der Waals surface area contributed by atoms with Crippen LogP contribution in [0.5, 0.6) is 0 Å². The van der Waals surface area contributed by atoms with Crippen LogP contribution in [0.2, 0.25) is 0 Å². The van der Waals surface area contributed by atoms with Gasteiger partial charge in [0.2, 0.25) is 0 Å². The molecule has 0 saturated heterocycles. The van der Waals surface area contributed by atoms with Gasteiger partial charge in [0, 0.05) is 0 Å². The van der Waals surface area contributed by atoms with E-state index in [0.717, 1.165) is 17.2 Å². The lowest BCUT2D eigenvalue weighted by Crippen LogP contribution is -2.20. The Morgan fingerprint density at radius 3 is 1.90 bits per heavy atom. The number of rotatable bonds is 4. The highest BCUT2D eigenvalue weighted by Crippen LogP contribution is 2.62. The lowest BCUT2D eigenvalue weighted by Gasteiger charge is -2.39. The number of allylic oxidation sites excluding steroid dienone is 4. The third-order valence-corrected chi connectivity index (χ3v) is 9.11. The zero-order valence-corrected chi connectivity index (χ0v) is 14.1. The molecule has 20 heavy (non-hydrogen) atoms. The summed E-state index contributed by atoms with van der Waals surface area (Å²) in [6.07, 6.45) is 24.1. The maximum atomic E-state index is 2.65. The normalized spacial score (nSPS) is 29.1. The first-order valence-corrected chi connectivity index (χ1v) is 10.5. The molecule has 0 bridgehead atoms. The van der Waals surface area contributed by atoms with Crippen LogP contribution >= 0.6 is 7.92 Å². The van der Waals surface area contributed by atoms with Gasteiger partial charge in [0.25, 0.3) is 0 Å². The van der Waals surface area contributed by atoms with Gasteiger partial charge in [0.05, 0.1) is 0 Å². The van der Waals surface area contributed by atoms with Gasteiger partial charge < -0.3 is 0 Å². The molecule has 3 aliphatic carbocycles. The first-order chi connectivity index (χ1) is 9.88. The molecule has 0 radical (unpaired) electrons. The molecule has 0 aliphatic heterocycles. The molecule has 0 aromatic carbocycles. The molecule has 2 fully saturated rings. The van der Waals surface area contributed by atoms with E-state index < -0.39 is 0 Å². The van der Waals surface area contributed by atoms with Crippen molar-refractivity contribution in [3.8, 4) is 0 Å². The molecule has 0 aromatic rings. The second-order valence-electron chi connectivity index (χ2n) is 7.01. The fraction of sp³-hybridized carbons (Fsp3) is 0.789. The summed E-state index contributed by atoms with van der Waals surface area (Å²) in [7, 11) is 0.144. The van der Waals surface area contributed by atoms with E-state index in [1.807, 2.05) is 0 Å². The lowest BCUT2D eigenvalue weighted by atomic mass is 9.99. The summed E-state index contributed by atoms with van der Waals surface area (Å²) in [5.41, 5.74) is 2.13. The van der Waals surface area contributed by atoms with Crippen molar-refractivity contribution in [3.05, 3.63) is 23.5 Å². The lowest BCUT2D eigenvalue weighted by molar-refractivity contribution is 0.486.